The molecule has 0 unspecified atom stereocenters. The Bertz CT molecular complexity index is 568. The standard InChI is InChI=1S/C22H30N2O3/c1-3-7-19(8-4-1)21-22(20-9-5-2-6-10-20)24-12-14-26-16-18-27-17-15-25-13-11-23-21/h1-10,21-24H,11-18H2/t21-,22-/m0/s1. The first-order chi connectivity index (χ1) is 13.4. The fraction of sp³-hybridized carbons (Fsp3) is 0.455. The summed E-state index contributed by atoms with van der Waals surface area (Å²) in [6.07, 6.45) is 0. The molecule has 0 aliphatic carbocycles. The van der Waals surface area contributed by atoms with E-state index in [1.54, 1.807) is 0 Å². The zero-order valence-corrected chi connectivity index (χ0v) is 15.8. The smallest absolute Gasteiger partial charge is 0.0701 e. The van der Waals surface area contributed by atoms with Crippen molar-refractivity contribution in [2.75, 3.05) is 52.7 Å². The highest BCUT2D eigenvalue weighted by Gasteiger charge is 2.24. The van der Waals surface area contributed by atoms with Crippen molar-refractivity contribution in [2.24, 2.45) is 0 Å². The maximum Gasteiger partial charge on any atom is 0.0701 e. The third-order valence-electron chi connectivity index (χ3n) is 4.62. The van der Waals surface area contributed by atoms with Crippen LogP contribution in [0.4, 0.5) is 0 Å². The molecule has 1 aliphatic rings. The van der Waals surface area contributed by atoms with E-state index >= 15 is 0 Å². The molecule has 2 aromatic rings. The molecule has 2 aromatic carbocycles. The van der Waals surface area contributed by atoms with Crippen molar-refractivity contribution in [1.82, 2.24) is 10.6 Å². The largest absolute Gasteiger partial charge is 0.378 e. The Labute approximate surface area is 162 Å². The third kappa shape index (κ3) is 6.72. The van der Waals surface area contributed by atoms with Gasteiger partial charge < -0.3 is 24.8 Å². The number of hydrogen-bond acceptors (Lipinski definition) is 5. The predicted octanol–water partition coefficient (Wildman–Crippen LogP) is 2.71. The first-order valence-corrected chi connectivity index (χ1v) is 9.75. The van der Waals surface area contributed by atoms with E-state index in [0.29, 0.717) is 39.6 Å². The maximum atomic E-state index is 5.69. The third-order valence-corrected chi connectivity index (χ3v) is 4.62. The molecule has 0 saturated carbocycles. The van der Waals surface area contributed by atoms with Crippen LogP contribution in [0.2, 0.25) is 0 Å². The van der Waals surface area contributed by atoms with E-state index in [-0.39, 0.29) is 12.1 Å². The van der Waals surface area contributed by atoms with Crippen LogP contribution in [0.15, 0.2) is 60.7 Å². The van der Waals surface area contributed by atoms with E-state index in [0.717, 1.165) is 13.1 Å². The molecule has 0 bridgehead atoms. The van der Waals surface area contributed by atoms with E-state index in [2.05, 4.69) is 71.3 Å². The summed E-state index contributed by atoms with van der Waals surface area (Å²) in [6, 6.07) is 21.4. The van der Waals surface area contributed by atoms with Gasteiger partial charge in [0.25, 0.3) is 0 Å². The number of ether oxygens (including phenoxy) is 3. The quantitative estimate of drug-likeness (QED) is 0.851. The number of nitrogens with one attached hydrogen (secondary N) is 2. The second-order valence-electron chi connectivity index (χ2n) is 6.52. The van der Waals surface area contributed by atoms with Gasteiger partial charge in [0.05, 0.1) is 51.7 Å². The van der Waals surface area contributed by atoms with Crippen molar-refractivity contribution in [1.29, 1.82) is 0 Å². The van der Waals surface area contributed by atoms with Crippen molar-refractivity contribution < 1.29 is 14.2 Å². The van der Waals surface area contributed by atoms with Gasteiger partial charge in [-0.2, -0.15) is 0 Å². The van der Waals surface area contributed by atoms with Crippen LogP contribution in [0.3, 0.4) is 0 Å². The number of hydrogen-bond donors (Lipinski definition) is 2. The summed E-state index contributed by atoms with van der Waals surface area (Å²) in [4.78, 5) is 0. The molecule has 5 nitrogen and oxygen atoms in total. The average Bonchev–Trinajstić information content (AvgIpc) is 2.74. The Morgan fingerprint density at radius 3 is 1.30 bits per heavy atom. The lowest BCUT2D eigenvalue weighted by molar-refractivity contribution is 0.0163. The monoisotopic (exact) mass is 370 g/mol. The predicted molar refractivity (Wildman–Crippen MR) is 107 cm³/mol. The molecule has 1 heterocycles. The van der Waals surface area contributed by atoms with Gasteiger partial charge in [-0.05, 0) is 11.1 Å². The van der Waals surface area contributed by atoms with Crippen molar-refractivity contribution in [3.05, 3.63) is 71.8 Å². The maximum absolute atomic E-state index is 5.69. The molecule has 1 aliphatic heterocycles. The SMILES string of the molecule is c1ccc([C@@H]2NCCOCCOCCOCCN[C@H]2c2ccccc2)cc1. The lowest BCUT2D eigenvalue weighted by Gasteiger charge is -2.30. The van der Waals surface area contributed by atoms with Crippen molar-refractivity contribution in [3.8, 4) is 0 Å². The van der Waals surface area contributed by atoms with E-state index < -0.39 is 0 Å². The van der Waals surface area contributed by atoms with Crippen LogP contribution in [0.25, 0.3) is 0 Å². The Morgan fingerprint density at radius 1 is 0.519 bits per heavy atom. The van der Waals surface area contributed by atoms with Gasteiger partial charge in [-0.15, -0.1) is 0 Å². The lowest BCUT2D eigenvalue weighted by Crippen LogP contribution is -2.38. The van der Waals surface area contributed by atoms with Gasteiger partial charge in [0.15, 0.2) is 0 Å². The van der Waals surface area contributed by atoms with Gasteiger partial charge >= 0.3 is 0 Å². The van der Waals surface area contributed by atoms with Crippen LogP contribution in [0.1, 0.15) is 23.2 Å². The highest BCUT2D eigenvalue weighted by molar-refractivity contribution is 5.27. The van der Waals surface area contributed by atoms with Gasteiger partial charge in [-0.1, -0.05) is 60.7 Å². The Balaban J connectivity index is 1.79. The first-order valence-electron chi connectivity index (χ1n) is 9.75. The summed E-state index contributed by atoms with van der Waals surface area (Å²) >= 11 is 0. The fourth-order valence-corrected chi connectivity index (χ4v) is 3.29. The van der Waals surface area contributed by atoms with Gasteiger partial charge in [0.2, 0.25) is 0 Å². The van der Waals surface area contributed by atoms with Crippen molar-refractivity contribution in [2.45, 2.75) is 12.1 Å². The number of rotatable bonds is 2. The van der Waals surface area contributed by atoms with Crippen LogP contribution in [0.5, 0.6) is 0 Å². The van der Waals surface area contributed by atoms with Crippen molar-refractivity contribution >= 4 is 0 Å². The molecule has 5 heteroatoms. The second kappa shape index (κ2) is 11.8. The van der Waals surface area contributed by atoms with Crippen LogP contribution in [-0.4, -0.2) is 52.7 Å². The van der Waals surface area contributed by atoms with E-state index in [9.17, 15) is 0 Å². The fourth-order valence-electron chi connectivity index (χ4n) is 3.29. The molecule has 27 heavy (non-hydrogen) atoms. The van der Waals surface area contributed by atoms with Crippen LogP contribution in [0, 0.1) is 0 Å². The molecule has 146 valence electrons. The molecular weight excluding hydrogens is 340 g/mol. The van der Waals surface area contributed by atoms with Gasteiger partial charge in [0, 0.05) is 13.1 Å². The molecular formula is C22H30N2O3. The molecule has 2 N–H and O–H groups in total. The van der Waals surface area contributed by atoms with E-state index in [1.807, 2.05) is 0 Å². The van der Waals surface area contributed by atoms with Gasteiger partial charge in [-0.25, -0.2) is 0 Å². The average molecular weight is 370 g/mol. The van der Waals surface area contributed by atoms with E-state index in [4.69, 9.17) is 14.2 Å². The second-order valence-corrected chi connectivity index (χ2v) is 6.52. The summed E-state index contributed by atoms with van der Waals surface area (Å²) < 4.78 is 16.9. The summed E-state index contributed by atoms with van der Waals surface area (Å²) in [5, 5.41) is 7.37. The highest BCUT2D eigenvalue weighted by Crippen LogP contribution is 2.28. The molecule has 0 radical (unpaired) electrons. The van der Waals surface area contributed by atoms with E-state index in [1.165, 1.54) is 11.1 Å². The topological polar surface area (TPSA) is 51.8 Å². The molecule has 0 spiro atoms. The summed E-state index contributed by atoms with van der Waals surface area (Å²) in [5.74, 6) is 0. The molecule has 2 atom stereocenters. The lowest BCUT2D eigenvalue weighted by atomic mass is 9.93. The highest BCUT2D eigenvalue weighted by atomic mass is 16.5. The summed E-state index contributed by atoms with van der Waals surface area (Å²) in [7, 11) is 0. The van der Waals surface area contributed by atoms with Gasteiger partial charge in [0.1, 0.15) is 0 Å². The summed E-state index contributed by atoms with van der Waals surface area (Å²) in [5.41, 5.74) is 2.51. The van der Waals surface area contributed by atoms with Crippen LogP contribution >= 0.6 is 0 Å². The van der Waals surface area contributed by atoms with Crippen LogP contribution < -0.4 is 10.6 Å². The minimum absolute atomic E-state index is 0.138. The van der Waals surface area contributed by atoms with Crippen LogP contribution in [-0.2, 0) is 14.2 Å². The number of benzene rings is 2. The zero-order chi connectivity index (χ0) is 18.6. The molecule has 3 rings (SSSR count). The summed E-state index contributed by atoms with van der Waals surface area (Å²) in [6.45, 7) is 5.31. The first kappa shape index (κ1) is 20.0. The minimum Gasteiger partial charge on any atom is -0.378 e. The Morgan fingerprint density at radius 2 is 0.889 bits per heavy atom. The molecule has 0 aromatic heterocycles. The Kier molecular flexibility index (Phi) is 8.77. The van der Waals surface area contributed by atoms with Gasteiger partial charge in [-0.3, -0.25) is 0 Å². The normalized spacial score (nSPS) is 23.9. The zero-order valence-electron chi connectivity index (χ0n) is 15.8. The Hall–Kier alpha value is -1.76. The molecule has 1 saturated heterocycles. The molecule has 0 amide bonds. The van der Waals surface area contributed by atoms with Crippen molar-refractivity contribution in [3.63, 3.8) is 0 Å². The minimum atomic E-state index is 0.138. The molecule has 1 fully saturated rings.